The van der Waals surface area contributed by atoms with Crippen molar-refractivity contribution in [2.45, 2.75) is 47.1 Å². The summed E-state index contributed by atoms with van der Waals surface area (Å²) in [7, 11) is 3.03. The highest BCUT2D eigenvalue weighted by Crippen LogP contribution is 2.44. The number of carbonyl (C=O) groups is 3. The lowest BCUT2D eigenvalue weighted by Gasteiger charge is -2.28. The molecule has 0 spiro atoms. The summed E-state index contributed by atoms with van der Waals surface area (Å²) in [6, 6.07) is 4.21. The fraction of sp³-hybridized carbons (Fsp3) is 0.483. The molecule has 2 heterocycles. The van der Waals surface area contributed by atoms with Gasteiger partial charge in [-0.25, -0.2) is 4.79 Å². The van der Waals surface area contributed by atoms with Gasteiger partial charge in [0.15, 0.2) is 0 Å². The lowest BCUT2D eigenvalue weighted by molar-refractivity contribution is -0.140. The van der Waals surface area contributed by atoms with E-state index in [1.165, 1.54) is 19.1 Å². The number of aromatic amines is 1. The molecule has 3 rings (SSSR count). The number of likely N-dealkylation sites (tertiary alicyclic amines) is 1. The van der Waals surface area contributed by atoms with Gasteiger partial charge in [-0.3, -0.25) is 9.59 Å². The number of esters is 1. The highest BCUT2D eigenvalue weighted by molar-refractivity contribution is 6.46. The summed E-state index contributed by atoms with van der Waals surface area (Å²) in [5, 5.41) is 11.7. The molecule has 1 aliphatic rings. The number of ketones is 1. The van der Waals surface area contributed by atoms with Crippen LogP contribution >= 0.6 is 0 Å². The monoisotopic (exact) mass is 541 g/mol. The second-order valence-corrected chi connectivity index (χ2v) is 9.33. The highest BCUT2D eigenvalue weighted by atomic mass is 16.5. The number of carbonyl (C=O) groups excluding carboxylic acids is 3. The van der Waals surface area contributed by atoms with Crippen LogP contribution in [0, 0.1) is 13.8 Å². The van der Waals surface area contributed by atoms with Crippen molar-refractivity contribution < 1.29 is 33.7 Å². The number of aliphatic hydroxyl groups excluding tert-OH is 1. The van der Waals surface area contributed by atoms with Gasteiger partial charge in [0.2, 0.25) is 0 Å². The van der Waals surface area contributed by atoms with Gasteiger partial charge in [-0.05, 0) is 70.6 Å². The maximum absolute atomic E-state index is 13.6. The highest BCUT2D eigenvalue weighted by Gasteiger charge is 2.47. The van der Waals surface area contributed by atoms with Crippen LogP contribution in [0.2, 0.25) is 0 Å². The van der Waals surface area contributed by atoms with Crippen LogP contribution in [0.15, 0.2) is 23.8 Å². The molecule has 10 nitrogen and oxygen atoms in total. The minimum absolute atomic E-state index is 0.0741. The number of benzene rings is 1. The van der Waals surface area contributed by atoms with E-state index in [-0.39, 0.29) is 29.2 Å². The fourth-order valence-corrected chi connectivity index (χ4v) is 5.14. The molecule has 1 saturated heterocycles. The van der Waals surface area contributed by atoms with Crippen LogP contribution in [-0.2, 0) is 14.3 Å². The molecule has 2 aromatic rings. The number of aliphatic hydroxyl groups is 1. The molecule has 0 saturated carbocycles. The van der Waals surface area contributed by atoms with Crippen LogP contribution in [-0.4, -0.2) is 84.6 Å². The Labute approximate surface area is 229 Å². The van der Waals surface area contributed by atoms with Crippen LogP contribution in [0.1, 0.15) is 66.1 Å². The molecule has 2 N–H and O–H groups in total. The van der Waals surface area contributed by atoms with Crippen LogP contribution in [0.4, 0.5) is 0 Å². The largest absolute Gasteiger partial charge is 0.507 e. The minimum Gasteiger partial charge on any atom is -0.507 e. The van der Waals surface area contributed by atoms with Gasteiger partial charge in [0, 0.05) is 23.4 Å². The summed E-state index contributed by atoms with van der Waals surface area (Å²) < 4.78 is 16.2. The molecule has 39 heavy (non-hydrogen) atoms. The third-order valence-corrected chi connectivity index (χ3v) is 7.19. The number of hydrogen-bond acceptors (Lipinski definition) is 8. The molecule has 0 radical (unpaired) electrons. The number of methoxy groups -OCH3 is 2. The van der Waals surface area contributed by atoms with Crippen molar-refractivity contribution in [3.8, 4) is 11.5 Å². The van der Waals surface area contributed by atoms with Crippen molar-refractivity contribution >= 4 is 23.4 Å². The number of aromatic nitrogens is 1. The van der Waals surface area contributed by atoms with Gasteiger partial charge in [0.25, 0.3) is 11.7 Å². The maximum atomic E-state index is 13.6. The van der Waals surface area contributed by atoms with E-state index >= 15 is 0 Å². The molecular weight excluding hydrogens is 502 g/mol. The van der Waals surface area contributed by atoms with E-state index in [0.717, 1.165) is 19.6 Å². The Bertz CT molecular complexity index is 1260. The average Bonchev–Trinajstić information content (AvgIpc) is 3.37. The number of amides is 1. The second-order valence-electron chi connectivity index (χ2n) is 9.33. The van der Waals surface area contributed by atoms with Gasteiger partial charge < -0.3 is 34.1 Å². The summed E-state index contributed by atoms with van der Waals surface area (Å²) >= 11 is 0. The van der Waals surface area contributed by atoms with Gasteiger partial charge in [0.1, 0.15) is 23.0 Å². The normalized spacial score (nSPS) is 16.7. The van der Waals surface area contributed by atoms with Crippen molar-refractivity contribution in [1.29, 1.82) is 0 Å². The first-order chi connectivity index (χ1) is 18.6. The quantitative estimate of drug-likeness (QED) is 0.179. The predicted octanol–water partition coefficient (Wildman–Crippen LogP) is 3.98. The van der Waals surface area contributed by atoms with E-state index in [2.05, 4.69) is 23.7 Å². The van der Waals surface area contributed by atoms with E-state index in [1.54, 1.807) is 39.0 Å². The second kappa shape index (κ2) is 12.8. The fourth-order valence-electron chi connectivity index (χ4n) is 5.14. The topological polar surface area (TPSA) is 121 Å². The first-order valence-corrected chi connectivity index (χ1v) is 13.2. The number of rotatable bonds is 12. The number of Topliss-reactive ketones (excluding diaryl/α,β-unsaturated/α-hetero) is 1. The predicted molar refractivity (Wildman–Crippen MR) is 147 cm³/mol. The standard InChI is InChI=1S/C29H39N3O7/c1-8-31(9-2)14-11-15-32-25(20-16-19(37-6)12-13-21(20)38-7)23(27(34)28(32)35)26(33)22-17(4)24(30-18(22)5)29(36)39-10-3/h12-13,16,25,30,33H,8-11,14-15H2,1-7H3. The van der Waals surface area contributed by atoms with Crippen molar-refractivity contribution in [3.63, 3.8) is 0 Å². The first-order valence-electron chi connectivity index (χ1n) is 13.2. The van der Waals surface area contributed by atoms with Crippen molar-refractivity contribution in [3.05, 3.63) is 51.9 Å². The lowest BCUT2D eigenvalue weighted by atomic mass is 9.93. The molecule has 1 unspecified atom stereocenters. The smallest absolute Gasteiger partial charge is 0.355 e. The summed E-state index contributed by atoms with van der Waals surface area (Å²) in [5.74, 6) is -1.49. The zero-order valence-electron chi connectivity index (χ0n) is 23.8. The van der Waals surface area contributed by atoms with E-state index in [0.29, 0.717) is 41.3 Å². The van der Waals surface area contributed by atoms with Gasteiger partial charge in [0.05, 0.1) is 32.4 Å². The number of aryl methyl sites for hydroxylation is 1. The zero-order valence-corrected chi connectivity index (χ0v) is 23.8. The van der Waals surface area contributed by atoms with Gasteiger partial charge in [-0.1, -0.05) is 13.8 Å². The molecule has 1 amide bonds. The molecule has 10 heteroatoms. The molecule has 0 bridgehead atoms. The van der Waals surface area contributed by atoms with Crippen LogP contribution in [0.3, 0.4) is 0 Å². The van der Waals surface area contributed by atoms with Gasteiger partial charge >= 0.3 is 5.97 Å². The van der Waals surface area contributed by atoms with Crippen molar-refractivity contribution in [2.24, 2.45) is 0 Å². The Morgan fingerprint density at radius 3 is 2.38 bits per heavy atom. The number of ether oxygens (including phenoxy) is 3. The maximum Gasteiger partial charge on any atom is 0.355 e. The van der Waals surface area contributed by atoms with Crippen LogP contribution in [0.25, 0.3) is 5.76 Å². The minimum atomic E-state index is -0.925. The zero-order chi connectivity index (χ0) is 28.9. The molecule has 1 fully saturated rings. The molecule has 212 valence electrons. The van der Waals surface area contributed by atoms with E-state index in [9.17, 15) is 19.5 Å². The summed E-state index contributed by atoms with van der Waals surface area (Å²) in [6.45, 7) is 12.2. The van der Waals surface area contributed by atoms with Gasteiger partial charge in [-0.2, -0.15) is 0 Å². The van der Waals surface area contributed by atoms with Crippen molar-refractivity contribution in [2.75, 3.05) is 47.0 Å². The lowest BCUT2D eigenvalue weighted by Crippen LogP contribution is -2.33. The van der Waals surface area contributed by atoms with Crippen molar-refractivity contribution in [1.82, 2.24) is 14.8 Å². The van der Waals surface area contributed by atoms with Gasteiger partial charge in [-0.15, -0.1) is 0 Å². The Kier molecular flexibility index (Phi) is 9.80. The van der Waals surface area contributed by atoms with E-state index in [1.807, 2.05) is 0 Å². The Morgan fingerprint density at radius 1 is 1.10 bits per heavy atom. The SMILES string of the molecule is CCOC(=O)c1[nH]c(C)c(C(O)=C2C(=O)C(=O)N(CCCN(CC)CC)C2c2cc(OC)ccc2OC)c1C. The van der Waals surface area contributed by atoms with Crippen LogP contribution < -0.4 is 9.47 Å². The number of nitrogens with zero attached hydrogens (tertiary/aromatic N) is 2. The number of H-pyrrole nitrogens is 1. The summed E-state index contributed by atoms with van der Waals surface area (Å²) in [4.78, 5) is 46.2. The molecule has 1 aliphatic heterocycles. The Hall–Kier alpha value is -3.79. The summed E-state index contributed by atoms with van der Waals surface area (Å²) in [6.07, 6.45) is 0.632. The first kappa shape index (κ1) is 29.8. The van der Waals surface area contributed by atoms with E-state index < -0.39 is 23.7 Å². The molecule has 1 atom stereocenters. The van der Waals surface area contributed by atoms with Crippen LogP contribution in [0.5, 0.6) is 11.5 Å². The Balaban J connectivity index is 2.21. The number of hydrogen-bond donors (Lipinski definition) is 2. The molecule has 0 aliphatic carbocycles. The third kappa shape index (κ3) is 5.80. The third-order valence-electron chi connectivity index (χ3n) is 7.19. The Morgan fingerprint density at radius 2 is 1.79 bits per heavy atom. The molecule has 1 aromatic carbocycles. The number of nitrogens with one attached hydrogen (secondary N) is 1. The summed E-state index contributed by atoms with van der Waals surface area (Å²) in [5.41, 5.74) is 1.79. The van der Waals surface area contributed by atoms with E-state index in [4.69, 9.17) is 14.2 Å². The molecular formula is C29H39N3O7. The average molecular weight is 542 g/mol. The molecule has 1 aromatic heterocycles.